The van der Waals surface area contributed by atoms with E-state index in [9.17, 15) is 31.6 Å². The minimum atomic E-state index is -5.20. The van der Waals surface area contributed by atoms with Gasteiger partial charge in [-0.3, -0.25) is 0 Å². The summed E-state index contributed by atoms with van der Waals surface area (Å²) in [7, 11) is 0. The standard InChI is InChI=1S/C54H28F6N4/c1-62-37-20-15-33(16-21-37)34-17-22-39-38-7-3-4-9-43(38)52(45(39)25-34)46-28-48(63-2)44(40-24-19-36(53(55,56)57)27-47(40)54(58,59)60)29-51(46)64-49-10-6-5-8-41(49)42-23-18-35(26-50(42)64)32-13-11-31(30-61)12-14-32/h3-29,52H. The first-order chi connectivity index (χ1) is 30.9. The Balaban J connectivity index is 1.32. The van der Waals surface area contributed by atoms with Crippen LogP contribution in [-0.4, -0.2) is 4.57 Å². The summed E-state index contributed by atoms with van der Waals surface area (Å²) in [5.74, 6) is -0.564. The quantitative estimate of drug-likeness (QED) is 0.126. The Kier molecular flexibility index (Phi) is 9.25. The minimum Gasteiger partial charge on any atom is -0.309 e. The number of halogens is 6. The van der Waals surface area contributed by atoms with Crippen molar-refractivity contribution in [2.45, 2.75) is 18.3 Å². The number of hydrogen-bond donors (Lipinski definition) is 0. The number of nitriles is 1. The number of benzene rings is 8. The molecule has 1 atom stereocenters. The van der Waals surface area contributed by atoms with Crippen LogP contribution in [0.2, 0.25) is 0 Å². The molecular formula is C54H28F6N4. The Hall–Kier alpha value is -8.39. The smallest absolute Gasteiger partial charge is 0.309 e. The molecule has 0 saturated carbocycles. The third-order valence-corrected chi connectivity index (χ3v) is 12.0. The van der Waals surface area contributed by atoms with E-state index in [0.717, 1.165) is 61.3 Å². The minimum absolute atomic E-state index is 0.108. The highest BCUT2D eigenvalue weighted by molar-refractivity contribution is 6.10. The lowest BCUT2D eigenvalue weighted by Gasteiger charge is -2.24. The van der Waals surface area contributed by atoms with Gasteiger partial charge in [0.15, 0.2) is 11.4 Å². The highest BCUT2D eigenvalue weighted by atomic mass is 19.4. The molecule has 0 fully saturated rings. The molecule has 1 aromatic heterocycles. The Bertz CT molecular complexity index is 3500. The predicted octanol–water partition coefficient (Wildman–Crippen LogP) is 16.0. The number of fused-ring (bicyclic) bond motifs is 6. The molecule has 0 N–H and O–H groups in total. The monoisotopic (exact) mass is 846 g/mol. The topological polar surface area (TPSA) is 37.4 Å². The van der Waals surface area contributed by atoms with E-state index in [1.54, 1.807) is 30.3 Å². The second-order valence-electron chi connectivity index (χ2n) is 15.6. The summed E-state index contributed by atoms with van der Waals surface area (Å²) in [6, 6.07) is 48.5. The summed E-state index contributed by atoms with van der Waals surface area (Å²) in [5.41, 5.74) is 6.49. The largest absolute Gasteiger partial charge is 0.416 e. The van der Waals surface area contributed by atoms with Crippen LogP contribution in [0.1, 0.15) is 39.3 Å². The highest BCUT2D eigenvalue weighted by Gasteiger charge is 2.40. The molecule has 10 heteroatoms. The number of para-hydroxylation sites is 1. The summed E-state index contributed by atoms with van der Waals surface area (Å²) in [5, 5.41) is 11.1. The molecule has 0 amide bonds. The first-order valence-corrected chi connectivity index (χ1v) is 20.0. The van der Waals surface area contributed by atoms with Crippen molar-refractivity contribution in [3.63, 3.8) is 0 Å². The van der Waals surface area contributed by atoms with E-state index in [1.807, 2.05) is 108 Å². The lowest BCUT2D eigenvalue weighted by Crippen LogP contribution is -2.12. The van der Waals surface area contributed by atoms with Crippen molar-refractivity contribution in [2.24, 2.45) is 0 Å². The van der Waals surface area contributed by atoms with Crippen LogP contribution in [0.3, 0.4) is 0 Å². The van der Waals surface area contributed by atoms with E-state index >= 15 is 0 Å². The fourth-order valence-electron chi connectivity index (χ4n) is 9.11. The third kappa shape index (κ3) is 6.54. The van der Waals surface area contributed by atoms with Crippen LogP contribution in [0.25, 0.3) is 81.7 Å². The molecular weight excluding hydrogens is 819 g/mol. The summed E-state index contributed by atoms with van der Waals surface area (Å²) in [6.07, 6.45) is -10.3. The molecule has 1 aliphatic carbocycles. The summed E-state index contributed by atoms with van der Waals surface area (Å²) >= 11 is 0. The summed E-state index contributed by atoms with van der Waals surface area (Å²) in [4.78, 5) is 7.31. The van der Waals surface area contributed by atoms with Gasteiger partial charge in [-0.25, -0.2) is 9.69 Å². The zero-order valence-electron chi connectivity index (χ0n) is 33.2. The van der Waals surface area contributed by atoms with Crippen LogP contribution >= 0.6 is 0 Å². The maximum Gasteiger partial charge on any atom is 0.416 e. The molecule has 1 unspecified atom stereocenters. The van der Waals surface area contributed by atoms with Gasteiger partial charge >= 0.3 is 12.4 Å². The van der Waals surface area contributed by atoms with Crippen molar-refractivity contribution in [3.05, 3.63) is 220 Å². The zero-order chi connectivity index (χ0) is 44.5. The van der Waals surface area contributed by atoms with Crippen LogP contribution in [0.15, 0.2) is 164 Å². The zero-order valence-corrected chi connectivity index (χ0v) is 33.2. The van der Waals surface area contributed by atoms with E-state index in [0.29, 0.717) is 39.6 Å². The van der Waals surface area contributed by atoms with Crippen LogP contribution in [0.5, 0.6) is 0 Å². The van der Waals surface area contributed by atoms with Gasteiger partial charge in [0.2, 0.25) is 0 Å². The first-order valence-electron chi connectivity index (χ1n) is 20.0. The van der Waals surface area contributed by atoms with Crippen molar-refractivity contribution in [2.75, 3.05) is 0 Å². The highest BCUT2D eigenvalue weighted by Crippen LogP contribution is 2.53. The average molecular weight is 847 g/mol. The molecule has 9 aromatic rings. The number of rotatable bonds is 5. The normalized spacial score (nSPS) is 13.3. The second kappa shape index (κ2) is 14.9. The van der Waals surface area contributed by atoms with Crippen LogP contribution in [0, 0.1) is 24.5 Å². The van der Waals surface area contributed by atoms with Crippen molar-refractivity contribution in [1.29, 1.82) is 5.26 Å². The average Bonchev–Trinajstić information content (AvgIpc) is 3.82. The van der Waals surface area contributed by atoms with E-state index in [4.69, 9.17) is 13.1 Å². The van der Waals surface area contributed by atoms with Gasteiger partial charge in [0.05, 0.1) is 46.9 Å². The maximum absolute atomic E-state index is 15.0. The summed E-state index contributed by atoms with van der Waals surface area (Å²) in [6.45, 7) is 15.9. The molecule has 0 spiro atoms. The van der Waals surface area contributed by atoms with Gasteiger partial charge in [-0.2, -0.15) is 31.6 Å². The third-order valence-electron chi connectivity index (χ3n) is 12.0. The molecule has 0 saturated heterocycles. The molecule has 0 bridgehead atoms. The number of hydrogen-bond acceptors (Lipinski definition) is 1. The van der Waals surface area contributed by atoms with Crippen LogP contribution < -0.4 is 0 Å². The van der Waals surface area contributed by atoms with Crippen LogP contribution in [-0.2, 0) is 12.4 Å². The molecule has 1 heterocycles. The van der Waals surface area contributed by atoms with Gasteiger partial charge < -0.3 is 4.57 Å². The van der Waals surface area contributed by atoms with Crippen molar-refractivity contribution >= 4 is 33.2 Å². The van der Waals surface area contributed by atoms with Gasteiger partial charge in [0.25, 0.3) is 0 Å². The lowest BCUT2D eigenvalue weighted by atomic mass is 9.84. The Morgan fingerprint density at radius 2 is 1.12 bits per heavy atom. The summed E-state index contributed by atoms with van der Waals surface area (Å²) < 4.78 is 88.8. The SMILES string of the molecule is [C-]#[N+]c1ccc(-c2ccc3c(c2)C(c2cc([N+]#[C-])c(-c4ccc(C(F)(F)F)cc4C(F)(F)F)cc2-n2c4ccccc4c4ccc(-c5ccc(C#N)cc5)cc42)c2ccccc2-3)cc1. The first kappa shape index (κ1) is 39.7. The molecule has 64 heavy (non-hydrogen) atoms. The number of aromatic nitrogens is 1. The molecule has 0 radical (unpaired) electrons. The molecule has 0 aliphatic heterocycles. The van der Waals surface area contributed by atoms with E-state index in [2.05, 4.69) is 21.8 Å². The van der Waals surface area contributed by atoms with Gasteiger partial charge in [0, 0.05) is 22.4 Å². The number of nitrogens with zero attached hydrogens (tertiary/aromatic N) is 4. The number of alkyl halides is 6. The fourth-order valence-corrected chi connectivity index (χ4v) is 9.11. The van der Waals surface area contributed by atoms with Crippen molar-refractivity contribution < 1.29 is 26.3 Å². The second-order valence-corrected chi connectivity index (χ2v) is 15.6. The Labute approximate surface area is 362 Å². The Morgan fingerprint density at radius 1 is 0.500 bits per heavy atom. The van der Waals surface area contributed by atoms with E-state index in [-0.39, 0.29) is 17.3 Å². The van der Waals surface area contributed by atoms with Gasteiger partial charge in [0.1, 0.15) is 0 Å². The maximum atomic E-state index is 15.0. The molecule has 1 aliphatic rings. The predicted molar refractivity (Wildman–Crippen MR) is 237 cm³/mol. The van der Waals surface area contributed by atoms with Crippen molar-refractivity contribution in [3.8, 4) is 56.3 Å². The molecule has 10 rings (SSSR count). The molecule has 4 nitrogen and oxygen atoms in total. The Morgan fingerprint density at radius 3 is 1.83 bits per heavy atom. The van der Waals surface area contributed by atoms with Gasteiger partial charge in [-0.1, -0.05) is 109 Å². The lowest BCUT2D eigenvalue weighted by molar-refractivity contribution is -0.142. The van der Waals surface area contributed by atoms with Crippen LogP contribution in [0.4, 0.5) is 37.7 Å². The van der Waals surface area contributed by atoms with E-state index < -0.39 is 35.0 Å². The molecule has 306 valence electrons. The van der Waals surface area contributed by atoms with Gasteiger partial charge in [-0.05, 0) is 116 Å². The molecule has 8 aromatic carbocycles. The fraction of sp³-hybridized carbons (Fsp3) is 0.0556. The van der Waals surface area contributed by atoms with E-state index in [1.165, 1.54) is 6.07 Å². The van der Waals surface area contributed by atoms with Gasteiger partial charge in [-0.15, -0.1) is 0 Å². The van der Waals surface area contributed by atoms with Crippen molar-refractivity contribution in [1.82, 2.24) is 4.57 Å².